The fourth-order valence-electron chi connectivity index (χ4n) is 5.32. The third-order valence-electron chi connectivity index (χ3n) is 7.23. The van der Waals surface area contributed by atoms with Crippen LogP contribution in [0.3, 0.4) is 0 Å². The summed E-state index contributed by atoms with van der Waals surface area (Å²) in [6.07, 6.45) is 4.40. The van der Waals surface area contributed by atoms with Crippen molar-refractivity contribution in [1.82, 2.24) is 14.9 Å². The van der Waals surface area contributed by atoms with Crippen molar-refractivity contribution in [2.24, 2.45) is 0 Å². The van der Waals surface area contributed by atoms with Gasteiger partial charge in [0.15, 0.2) is 0 Å². The molecule has 7 rings (SSSR count). The van der Waals surface area contributed by atoms with Gasteiger partial charge >= 0.3 is 6.09 Å². The van der Waals surface area contributed by atoms with Crippen molar-refractivity contribution in [3.8, 4) is 0 Å². The molecule has 1 unspecified atom stereocenters. The SMILES string of the molecule is O=C(OCc1ccccc1)N1CC=C(c2cc3c(Nc4ccc5scnc5c4)ccnc3s2)C12CCOC2. The molecule has 7 nitrogen and oxygen atoms in total. The molecule has 0 saturated carbocycles. The van der Waals surface area contributed by atoms with E-state index in [1.807, 2.05) is 53.0 Å². The highest BCUT2D eigenvalue weighted by molar-refractivity contribution is 7.19. The number of carbonyl (C=O) groups is 1. The zero-order chi connectivity index (χ0) is 25.5. The number of aromatic nitrogens is 2. The van der Waals surface area contributed by atoms with Gasteiger partial charge in [0, 0.05) is 41.7 Å². The average molecular weight is 541 g/mol. The molecule has 9 heteroatoms. The number of pyridine rings is 1. The summed E-state index contributed by atoms with van der Waals surface area (Å²) in [7, 11) is 0. The Balaban J connectivity index is 1.17. The molecule has 0 radical (unpaired) electrons. The minimum absolute atomic E-state index is 0.247. The highest BCUT2D eigenvalue weighted by Gasteiger charge is 2.50. The summed E-state index contributed by atoms with van der Waals surface area (Å²) < 4.78 is 12.8. The molecule has 1 fully saturated rings. The fraction of sp³-hybridized carbons (Fsp3) is 0.207. The van der Waals surface area contributed by atoms with Gasteiger partial charge in [-0.3, -0.25) is 4.90 Å². The second-order valence-electron chi connectivity index (χ2n) is 9.45. The Kier molecular flexibility index (Phi) is 5.84. The highest BCUT2D eigenvalue weighted by atomic mass is 32.1. The summed E-state index contributed by atoms with van der Waals surface area (Å²) >= 11 is 3.28. The van der Waals surface area contributed by atoms with Crippen molar-refractivity contribution in [2.75, 3.05) is 25.1 Å². The van der Waals surface area contributed by atoms with Gasteiger partial charge in [-0.05, 0) is 41.5 Å². The number of ether oxygens (including phenoxy) is 2. The number of carbonyl (C=O) groups excluding carboxylic acids is 1. The predicted octanol–water partition coefficient (Wildman–Crippen LogP) is 6.84. The fourth-order valence-corrected chi connectivity index (χ4v) is 7.14. The summed E-state index contributed by atoms with van der Waals surface area (Å²) in [5.74, 6) is 0. The van der Waals surface area contributed by atoms with E-state index >= 15 is 0 Å². The number of hydrogen-bond donors (Lipinski definition) is 1. The Morgan fingerprint density at radius 2 is 2.05 bits per heavy atom. The van der Waals surface area contributed by atoms with E-state index in [-0.39, 0.29) is 12.7 Å². The van der Waals surface area contributed by atoms with Gasteiger partial charge in [0.1, 0.15) is 11.4 Å². The van der Waals surface area contributed by atoms with Gasteiger partial charge in [-0.1, -0.05) is 36.4 Å². The van der Waals surface area contributed by atoms with Gasteiger partial charge in [-0.2, -0.15) is 0 Å². The van der Waals surface area contributed by atoms with Crippen LogP contribution in [0.15, 0.2) is 78.4 Å². The molecule has 1 spiro atoms. The van der Waals surface area contributed by atoms with Gasteiger partial charge in [-0.25, -0.2) is 14.8 Å². The monoisotopic (exact) mass is 540 g/mol. The van der Waals surface area contributed by atoms with Crippen molar-refractivity contribution >= 4 is 66.1 Å². The van der Waals surface area contributed by atoms with Crippen LogP contribution < -0.4 is 5.32 Å². The molecule has 1 saturated heterocycles. The lowest BCUT2D eigenvalue weighted by Gasteiger charge is -2.35. The first kappa shape index (κ1) is 23.3. The third-order valence-corrected chi connectivity index (χ3v) is 9.12. The zero-order valence-corrected chi connectivity index (χ0v) is 22.1. The number of rotatable bonds is 5. The van der Waals surface area contributed by atoms with Gasteiger partial charge in [0.25, 0.3) is 0 Å². The number of nitrogens with zero attached hydrogens (tertiary/aromatic N) is 3. The van der Waals surface area contributed by atoms with Crippen molar-refractivity contribution < 1.29 is 14.3 Å². The standard InChI is InChI=1S/C29H24N4O3S2/c34-28(36-16-19-4-2-1-3-5-19)33-12-9-22(29(33)10-13-35-17-29)26-15-21-23(8-11-30-27(21)38-26)32-20-6-7-25-24(14-20)31-18-37-25/h1-9,11,14-15,18H,10,12-13,16-17H2,(H,30,32). The molecular formula is C29H24N4O3S2. The third kappa shape index (κ3) is 4.03. The average Bonchev–Trinajstić information content (AvgIpc) is 3.75. The van der Waals surface area contributed by atoms with Gasteiger partial charge in [0.05, 0.1) is 33.6 Å². The molecule has 5 aromatic rings. The van der Waals surface area contributed by atoms with Gasteiger partial charge < -0.3 is 14.8 Å². The number of thiazole rings is 1. The highest BCUT2D eigenvalue weighted by Crippen LogP contribution is 2.47. The summed E-state index contributed by atoms with van der Waals surface area (Å²) in [4.78, 5) is 26.2. The topological polar surface area (TPSA) is 76.6 Å². The molecule has 1 amide bonds. The normalized spacial score (nSPS) is 18.9. The summed E-state index contributed by atoms with van der Waals surface area (Å²) in [6, 6.07) is 20.2. The summed E-state index contributed by atoms with van der Waals surface area (Å²) in [6.45, 7) is 1.80. The first-order chi connectivity index (χ1) is 18.7. The Labute approximate surface area is 227 Å². The molecular weight excluding hydrogens is 516 g/mol. The number of thiophene rings is 1. The largest absolute Gasteiger partial charge is 0.445 e. The van der Waals surface area contributed by atoms with Crippen LogP contribution in [-0.2, 0) is 16.1 Å². The maximum atomic E-state index is 13.3. The van der Waals surface area contributed by atoms with E-state index in [4.69, 9.17) is 9.47 Å². The van der Waals surface area contributed by atoms with E-state index in [2.05, 4.69) is 45.6 Å². The lowest BCUT2D eigenvalue weighted by molar-refractivity contribution is 0.0680. The van der Waals surface area contributed by atoms with Crippen LogP contribution in [0.1, 0.15) is 16.9 Å². The number of amides is 1. The van der Waals surface area contributed by atoms with Gasteiger partial charge in [0.2, 0.25) is 0 Å². The van der Waals surface area contributed by atoms with E-state index in [1.165, 1.54) is 0 Å². The van der Waals surface area contributed by atoms with Crippen molar-refractivity contribution in [3.05, 3.63) is 88.9 Å². The van der Waals surface area contributed by atoms with Crippen molar-refractivity contribution in [1.29, 1.82) is 0 Å². The predicted molar refractivity (Wildman–Crippen MR) is 152 cm³/mol. The van der Waals surface area contributed by atoms with Gasteiger partial charge in [-0.15, -0.1) is 22.7 Å². The number of hydrogen-bond acceptors (Lipinski definition) is 8. The minimum atomic E-state index is -0.530. The van der Waals surface area contributed by atoms with E-state index in [0.717, 1.165) is 54.2 Å². The van der Waals surface area contributed by atoms with Crippen molar-refractivity contribution in [2.45, 2.75) is 18.6 Å². The molecule has 2 aliphatic heterocycles. The number of fused-ring (bicyclic) bond motifs is 2. The molecule has 1 atom stereocenters. The van der Waals surface area contributed by atoms with Crippen LogP contribution in [0.5, 0.6) is 0 Å². The molecule has 1 N–H and O–H groups in total. The Morgan fingerprint density at radius 1 is 1.13 bits per heavy atom. The Hall–Kier alpha value is -3.79. The smallest absolute Gasteiger partial charge is 0.411 e. The second kappa shape index (κ2) is 9.50. The van der Waals surface area contributed by atoms with E-state index in [1.54, 1.807) is 22.7 Å². The summed E-state index contributed by atoms with van der Waals surface area (Å²) in [5.41, 5.74) is 6.37. The molecule has 0 bridgehead atoms. The molecule has 2 aromatic carbocycles. The van der Waals surface area contributed by atoms with Crippen LogP contribution in [-0.4, -0.2) is 46.3 Å². The van der Waals surface area contributed by atoms with E-state index < -0.39 is 5.54 Å². The molecule has 2 aliphatic rings. The number of anilines is 2. The van der Waals surface area contributed by atoms with Crippen LogP contribution in [0.2, 0.25) is 0 Å². The van der Waals surface area contributed by atoms with E-state index in [0.29, 0.717) is 19.8 Å². The second-order valence-corrected chi connectivity index (χ2v) is 11.4. The van der Waals surface area contributed by atoms with Crippen LogP contribution in [0, 0.1) is 0 Å². The van der Waals surface area contributed by atoms with Crippen molar-refractivity contribution in [3.63, 3.8) is 0 Å². The van der Waals surface area contributed by atoms with Crippen LogP contribution in [0.4, 0.5) is 16.2 Å². The first-order valence-electron chi connectivity index (χ1n) is 12.5. The molecule has 0 aliphatic carbocycles. The van der Waals surface area contributed by atoms with Crippen LogP contribution >= 0.6 is 22.7 Å². The quantitative estimate of drug-likeness (QED) is 0.263. The first-order valence-corrected chi connectivity index (χ1v) is 14.2. The Bertz CT molecular complexity index is 1670. The maximum absolute atomic E-state index is 13.3. The number of benzene rings is 2. The zero-order valence-electron chi connectivity index (χ0n) is 20.4. The lowest BCUT2D eigenvalue weighted by atomic mass is 9.88. The minimum Gasteiger partial charge on any atom is -0.445 e. The Morgan fingerprint density at radius 3 is 2.92 bits per heavy atom. The molecule has 5 heterocycles. The molecule has 190 valence electrons. The summed E-state index contributed by atoms with van der Waals surface area (Å²) in [5, 5.41) is 4.60. The lowest BCUT2D eigenvalue weighted by Crippen LogP contribution is -2.49. The molecule has 38 heavy (non-hydrogen) atoms. The van der Waals surface area contributed by atoms with Crippen LogP contribution in [0.25, 0.3) is 26.0 Å². The van der Waals surface area contributed by atoms with E-state index in [9.17, 15) is 4.79 Å². The maximum Gasteiger partial charge on any atom is 0.411 e. The number of nitrogens with one attached hydrogen (secondary N) is 1. The molecule has 3 aromatic heterocycles.